The van der Waals surface area contributed by atoms with Crippen LogP contribution in [-0.2, 0) is 6.42 Å². The van der Waals surface area contributed by atoms with E-state index in [9.17, 15) is 4.79 Å². The topological polar surface area (TPSA) is 49.6 Å². The van der Waals surface area contributed by atoms with Crippen LogP contribution in [0, 0.1) is 0 Å². The number of carbonyl (C=O) groups excluding carboxylic acids is 1. The summed E-state index contributed by atoms with van der Waals surface area (Å²) in [4.78, 5) is 20.3. The number of hydrogen-bond donors (Lipinski definition) is 1. The Labute approximate surface area is 144 Å². The smallest absolute Gasteiger partial charge is 0.272 e. The zero-order chi connectivity index (χ0) is 16.5. The van der Waals surface area contributed by atoms with Crippen molar-refractivity contribution in [3.05, 3.63) is 59.0 Å². The number of rotatable bonds is 3. The van der Waals surface area contributed by atoms with Crippen molar-refractivity contribution in [2.24, 2.45) is 0 Å². The number of piperazine rings is 1. The van der Waals surface area contributed by atoms with E-state index in [0.29, 0.717) is 12.2 Å². The summed E-state index contributed by atoms with van der Waals surface area (Å²) in [5, 5.41) is 5.34. The van der Waals surface area contributed by atoms with Gasteiger partial charge < -0.3 is 10.2 Å². The zero-order valence-electron chi connectivity index (χ0n) is 13.6. The number of hydrogen-bond acceptors (Lipinski definition) is 4. The fraction of sp³-hybridized carbons (Fsp3) is 0.333. The minimum atomic E-state index is 0.0654. The van der Waals surface area contributed by atoms with Gasteiger partial charge in [-0.3, -0.25) is 9.20 Å². The highest BCUT2D eigenvalue weighted by Crippen LogP contribution is 2.26. The van der Waals surface area contributed by atoms with E-state index >= 15 is 0 Å². The Morgan fingerprint density at radius 3 is 3.00 bits per heavy atom. The molecular formula is C18H20N4OS. The van der Waals surface area contributed by atoms with Gasteiger partial charge in [-0.2, -0.15) is 0 Å². The maximum absolute atomic E-state index is 13.1. The first-order valence-corrected chi connectivity index (χ1v) is 9.16. The maximum atomic E-state index is 13.1. The molecule has 1 aliphatic heterocycles. The molecule has 24 heavy (non-hydrogen) atoms. The summed E-state index contributed by atoms with van der Waals surface area (Å²) in [6, 6.07) is 8.68. The van der Waals surface area contributed by atoms with E-state index in [0.717, 1.165) is 24.3 Å². The van der Waals surface area contributed by atoms with E-state index < -0.39 is 0 Å². The number of carbonyl (C=O) groups is 1. The average molecular weight is 340 g/mol. The van der Waals surface area contributed by atoms with Gasteiger partial charge in [0.15, 0.2) is 0 Å². The third-order valence-electron chi connectivity index (χ3n) is 4.65. The highest BCUT2D eigenvalue weighted by molar-refractivity contribution is 7.15. The SMILES string of the molecule is CCc1ccc(C2CNCCN2C(=O)c2csc3cncn23)cc1. The van der Waals surface area contributed by atoms with E-state index in [1.165, 1.54) is 11.1 Å². The Balaban J connectivity index is 1.66. The standard InChI is InChI=1S/C18H20N4OS/c1-2-13-3-5-14(6-4-13)15-9-19-7-8-21(15)18(23)16-11-24-17-10-20-12-22(16)17/h3-6,10-12,15,19H,2,7-9H2,1H3. The number of nitrogens with one attached hydrogen (secondary N) is 1. The molecule has 124 valence electrons. The Morgan fingerprint density at radius 1 is 1.38 bits per heavy atom. The summed E-state index contributed by atoms with van der Waals surface area (Å²) < 4.78 is 1.88. The summed E-state index contributed by atoms with van der Waals surface area (Å²) in [5.41, 5.74) is 3.20. The van der Waals surface area contributed by atoms with Crippen LogP contribution in [0.25, 0.3) is 4.83 Å². The third kappa shape index (κ3) is 2.61. The molecule has 0 spiro atoms. The minimum Gasteiger partial charge on any atom is -0.328 e. The largest absolute Gasteiger partial charge is 0.328 e. The number of fused-ring (bicyclic) bond motifs is 1. The van der Waals surface area contributed by atoms with Gasteiger partial charge in [-0.05, 0) is 17.5 Å². The van der Waals surface area contributed by atoms with E-state index in [-0.39, 0.29) is 11.9 Å². The summed E-state index contributed by atoms with van der Waals surface area (Å²) in [6.07, 6.45) is 4.53. The van der Waals surface area contributed by atoms with Gasteiger partial charge >= 0.3 is 0 Å². The lowest BCUT2D eigenvalue weighted by Gasteiger charge is -2.36. The lowest BCUT2D eigenvalue weighted by molar-refractivity contribution is 0.0627. The summed E-state index contributed by atoms with van der Waals surface area (Å²) in [6.45, 7) is 4.48. The van der Waals surface area contributed by atoms with Gasteiger partial charge in [0.1, 0.15) is 16.9 Å². The van der Waals surface area contributed by atoms with Gasteiger partial charge in [-0.15, -0.1) is 11.3 Å². The van der Waals surface area contributed by atoms with E-state index in [1.807, 2.05) is 14.7 Å². The van der Waals surface area contributed by atoms with Crippen molar-refractivity contribution >= 4 is 22.1 Å². The number of nitrogens with zero attached hydrogens (tertiary/aromatic N) is 3. The summed E-state index contributed by atoms with van der Waals surface area (Å²) in [5.74, 6) is 0.0744. The van der Waals surface area contributed by atoms with Crippen molar-refractivity contribution in [3.8, 4) is 0 Å². The normalized spacial score (nSPS) is 18.2. The second-order valence-corrected chi connectivity index (χ2v) is 6.93. The first kappa shape index (κ1) is 15.4. The Hall–Kier alpha value is -2.18. The molecule has 3 aromatic rings. The molecular weight excluding hydrogens is 320 g/mol. The summed E-state index contributed by atoms with van der Waals surface area (Å²) in [7, 11) is 0. The monoisotopic (exact) mass is 340 g/mol. The maximum Gasteiger partial charge on any atom is 0.272 e. The van der Waals surface area contributed by atoms with Gasteiger partial charge in [0.2, 0.25) is 0 Å². The molecule has 1 N–H and O–H groups in total. The van der Waals surface area contributed by atoms with Gasteiger partial charge in [-0.25, -0.2) is 4.98 Å². The van der Waals surface area contributed by atoms with Crippen LogP contribution in [0.2, 0.25) is 0 Å². The Kier molecular flexibility index (Phi) is 4.08. The summed E-state index contributed by atoms with van der Waals surface area (Å²) >= 11 is 1.55. The molecule has 1 amide bonds. The number of thiazole rings is 1. The van der Waals surface area contributed by atoms with Crippen molar-refractivity contribution in [3.63, 3.8) is 0 Å². The van der Waals surface area contributed by atoms with Gasteiger partial charge in [0.05, 0.1) is 12.2 Å². The molecule has 1 aromatic carbocycles. The minimum absolute atomic E-state index is 0.0654. The van der Waals surface area contributed by atoms with E-state index in [4.69, 9.17) is 0 Å². The van der Waals surface area contributed by atoms with Crippen LogP contribution in [0.5, 0.6) is 0 Å². The van der Waals surface area contributed by atoms with Crippen molar-refractivity contribution in [1.82, 2.24) is 19.6 Å². The number of benzene rings is 1. The molecule has 1 fully saturated rings. The molecule has 1 unspecified atom stereocenters. The predicted octanol–water partition coefficient (Wildman–Crippen LogP) is 2.74. The first-order valence-electron chi connectivity index (χ1n) is 8.28. The molecule has 6 heteroatoms. The van der Waals surface area contributed by atoms with Crippen molar-refractivity contribution < 1.29 is 4.79 Å². The van der Waals surface area contributed by atoms with E-state index in [1.54, 1.807) is 23.9 Å². The molecule has 2 aromatic heterocycles. The first-order chi connectivity index (χ1) is 11.8. The molecule has 1 aliphatic rings. The number of imidazole rings is 1. The quantitative estimate of drug-likeness (QED) is 0.798. The zero-order valence-corrected chi connectivity index (χ0v) is 14.4. The third-order valence-corrected chi connectivity index (χ3v) is 5.54. The lowest BCUT2D eigenvalue weighted by atomic mass is 10.0. The van der Waals surface area contributed by atoms with Gasteiger partial charge in [0.25, 0.3) is 5.91 Å². The molecule has 5 nitrogen and oxygen atoms in total. The van der Waals surface area contributed by atoms with Crippen LogP contribution in [0.1, 0.15) is 34.6 Å². The fourth-order valence-corrected chi connectivity index (χ4v) is 4.07. The predicted molar refractivity (Wildman–Crippen MR) is 95.5 cm³/mol. The molecule has 4 rings (SSSR count). The highest BCUT2D eigenvalue weighted by Gasteiger charge is 2.30. The van der Waals surface area contributed by atoms with Crippen LogP contribution >= 0.6 is 11.3 Å². The van der Waals surface area contributed by atoms with Crippen LogP contribution in [0.4, 0.5) is 0 Å². The Bertz CT molecular complexity index is 851. The molecule has 0 bridgehead atoms. The van der Waals surface area contributed by atoms with Crippen molar-refractivity contribution in [2.45, 2.75) is 19.4 Å². The number of amides is 1. The molecule has 1 atom stereocenters. The fourth-order valence-electron chi connectivity index (χ4n) is 3.25. The second-order valence-electron chi connectivity index (χ2n) is 6.04. The molecule has 0 radical (unpaired) electrons. The van der Waals surface area contributed by atoms with Crippen molar-refractivity contribution in [2.75, 3.05) is 19.6 Å². The van der Waals surface area contributed by atoms with E-state index in [2.05, 4.69) is 41.5 Å². The van der Waals surface area contributed by atoms with Crippen LogP contribution in [-0.4, -0.2) is 39.8 Å². The number of aryl methyl sites for hydroxylation is 1. The molecule has 0 aliphatic carbocycles. The Morgan fingerprint density at radius 2 is 2.21 bits per heavy atom. The number of aromatic nitrogens is 2. The second kappa shape index (κ2) is 6.37. The van der Waals surface area contributed by atoms with Gasteiger partial charge in [-0.1, -0.05) is 31.2 Å². The van der Waals surface area contributed by atoms with Gasteiger partial charge in [0, 0.05) is 25.0 Å². The molecule has 1 saturated heterocycles. The van der Waals surface area contributed by atoms with Crippen LogP contribution < -0.4 is 5.32 Å². The van der Waals surface area contributed by atoms with Crippen molar-refractivity contribution in [1.29, 1.82) is 0 Å². The van der Waals surface area contributed by atoms with Crippen LogP contribution in [0.3, 0.4) is 0 Å². The van der Waals surface area contributed by atoms with Crippen LogP contribution in [0.15, 0.2) is 42.2 Å². The highest BCUT2D eigenvalue weighted by atomic mass is 32.1. The average Bonchev–Trinajstić information content (AvgIpc) is 3.25. The lowest BCUT2D eigenvalue weighted by Crippen LogP contribution is -2.48. The molecule has 3 heterocycles. The molecule has 0 saturated carbocycles.